The van der Waals surface area contributed by atoms with Crippen LogP contribution in [0, 0.1) is 11.2 Å². The van der Waals surface area contributed by atoms with Gasteiger partial charge in [-0.15, -0.1) is 0 Å². The largest absolute Gasteiger partial charge is 0.333 e. The summed E-state index contributed by atoms with van der Waals surface area (Å²) in [5.41, 5.74) is 6.23. The van der Waals surface area contributed by atoms with Crippen LogP contribution in [0.4, 0.5) is 10.5 Å². The van der Waals surface area contributed by atoms with E-state index in [0.717, 1.165) is 55.3 Å². The lowest BCUT2D eigenvalue weighted by Gasteiger charge is -2.16. The second-order valence-electron chi connectivity index (χ2n) is 6.89. The quantitative estimate of drug-likeness (QED) is 0.786. The van der Waals surface area contributed by atoms with Crippen molar-refractivity contribution in [2.45, 2.75) is 38.5 Å². The van der Waals surface area contributed by atoms with Crippen LogP contribution in [0.2, 0.25) is 0 Å². The summed E-state index contributed by atoms with van der Waals surface area (Å²) >= 11 is 0. The van der Waals surface area contributed by atoms with Gasteiger partial charge in [0.2, 0.25) is 0 Å². The maximum absolute atomic E-state index is 12.4. The molecular formula is C21H20N2O3S. The fourth-order valence-corrected chi connectivity index (χ4v) is 4.50. The van der Waals surface area contributed by atoms with Crippen molar-refractivity contribution >= 4 is 21.7 Å². The number of urea groups is 1. The summed E-state index contributed by atoms with van der Waals surface area (Å²) in [6.45, 7) is 0. The zero-order chi connectivity index (χ0) is 18.9. The molecule has 0 aromatic heterocycles. The van der Waals surface area contributed by atoms with Gasteiger partial charge >= 0.3 is 16.1 Å². The van der Waals surface area contributed by atoms with Crippen molar-refractivity contribution in [3.8, 4) is 11.2 Å². The summed E-state index contributed by atoms with van der Waals surface area (Å²) < 4.78 is 26.3. The molecule has 0 aliphatic heterocycles. The first-order chi connectivity index (χ1) is 13.0. The monoisotopic (exact) mass is 380 g/mol. The molecule has 0 fully saturated rings. The number of anilines is 1. The van der Waals surface area contributed by atoms with Crippen LogP contribution in [-0.4, -0.2) is 14.4 Å². The lowest BCUT2D eigenvalue weighted by molar-refractivity contribution is 0.256. The average molecular weight is 380 g/mol. The topological polar surface area (TPSA) is 75.3 Å². The predicted octanol–water partition coefficient (Wildman–Crippen LogP) is 3.12. The third-order valence-electron chi connectivity index (χ3n) is 5.04. The fraction of sp³-hybridized carbons (Fsp3) is 0.286. The van der Waals surface area contributed by atoms with Crippen molar-refractivity contribution in [1.82, 2.24) is 4.72 Å². The number of carbonyl (C=O) groups is 1. The third-order valence-corrected chi connectivity index (χ3v) is 5.87. The molecule has 0 saturated carbocycles. The molecule has 0 atom stereocenters. The first kappa shape index (κ1) is 17.6. The molecular weight excluding hydrogens is 360 g/mol. The molecule has 6 heteroatoms. The zero-order valence-electron chi connectivity index (χ0n) is 14.8. The lowest BCUT2D eigenvalue weighted by Crippen LogP contribution is -2.34. The van der Waals surface area contributed by atoms with E-state index < -0.39 is 16.1 Å². The molecule has 2 aliphatic rings. The molecule has 0 bridgehead atoms. The van der Waals surface area contributed by atoms with E-state index in [9.17, 15) is 13.2 Å². The van der Waals surface area contributed by atoms with Crippen molar-refractivity contribution in [2.24, 2.45) is 0 Å². The SMILES string of the molecule is O=C(Nc1c2c(cc3c1CCC3)CCC2)NS(=O)(=O)C#Cc1ccccc1. The van der Waals surface area contributed by atoms with Gasteiger partial charge in [-0.2, -0.15) is 8.42 Å². The Morgan fingerprint density at radius 1 is 0.926 bits per heavy atom. The molecule has 0 spiro atoms. The average Bonchev–Trinajstić information content (AvgIpc) is 3.29. The van der Waals surface area contributed by atoms with Crippen LogP contribution >= 0.6 is 0 Å². The number of hydrogen-bond acceptors (Lipinski definition) is 3. The number of aryl methyl sites for hydroxylation is 2. The molecule has 5 nitrogen and oxygen atoms in total. The van der Waals surface area contributed by atoms with Crippen LogP contribution < -0.4 is 10.0 Å². The Kier molecular flexibility index (Phi) is 4.63. The van der Waals surface area contributed by atoms with E-state index >= 15 is 0 Å². The van der Waals surface area contributed by atoms with Crippen LogP contribution in [0.5, 0.6) is 0 Å². The van der Waals surface area contributed by atoms with Gasteiger partial charge < -0.3 is 5.32 Å². The van der Waals surface area contributed by atoms with Gasteiger partial charge in [0.05, 0.1) is 5.25 Å². The minimum Gasteiger partial charge on any atom is -0.307 e. The van der Waals surface area contributed by atoms with E-state index in [0.29, 0.717) is 5.56 Å². The fourth-order valence-electron chi connectivity index (χ4n) is 3.90. The molecule has 2 aliphatic carbocycles. The van der Waals surface area contributed by atoms with Gasteiger partial charge in [-0.3, -0.25) is 0 Å². The molecule has 0 radical (unpaired) electrons. The second kappa shape index (κ2) is 7.09. The highest BCUT2D eigenvalue weighted by atomic mass is 32.2. The molecule has 0 saturated heterocycles. The zero-order valence-corrected chi connectivity index (χ0v) is 15.7. The summed E-state index contributed by atoms with van der Waals surface area (Å²) in [5.74, 6) is 2.56. The minimum atomic E-state index is -4.05. The molecule has 2 N–H and O–H groups in total. The summed E-state index contributed by atoms with van der Waals surface area (Å²) in [6.07, 6.45) is 5.99. The van der Waals surface area contributed by atoms with E-state index in [4.69, 9.17) is 0 Å². The van der Waals surface area contributed by atoms with Crippen LogP contribution in [-0.2, 0) is 35.7 Å². The number of amides is 2. The number of carbonyl (C=O) groups excluding carboxylic acids is 1. The van der Waals surface area contributed by atoms with Crippen LogP contribution in [0.1, 0.15) is 40.7 Å². The maximum atomic E-state index is 12.4. The summed E-state index contributed by atoms with van der Waals surface area (Å²) in [4.78, 5) is 12.4. The smallest absolute Gasteiger partial charge is 0.307 e. The number of rotatable bonds is 2. The normalized spacial score (nSPS) is 14.7. The van der Waals surface area contributed by atoms with Crippen molar-refractivity contribution in [3.05, 3.63) is 64.2 Å². The molecule has 2 aromatic rings. The predicted molar refractivity (Wildman–Crippen MR) is 105 cm³/mol. The van der Waals surface area contributed by atoms with Crippen molar-refractivity contribution in [3.63, 3.8) is 0 Å². The lowest BCUT2D eigenvalue weighted by atomic mass is 9.99. The first-order valence-electron chi connectivity index (χ1n) is 9.10. The van der Waals surface area contributed by atoms with E-state index in [-0.39, 0.29) is 0 Å². The van der Waals surface area contributed by atoms with E-state index in [2.05, 4.69) is 22.6 Å². The van der Waals surface area contributed by atoms with Gasteiger partial charge in [-0.25, -0.2) is 9.52 Å². The third kappa shape index (κ3) is 3.83. The van der Waals surface area contributed by atoms with Gasteiger partial charge in [0.25, 0.3) is 0 Å². The Bertz CT molecular complexity index is 1030. The summed E-state index contributed by atoms with van der Waals surface area (Å²) in [7, 11) is -4.05. The van der Waals surface area contributed by atoms with Crippen molar-refractivity contribution in [1.29, 1.82) is 0 Å². The summed E-state index contributed by atoms with van der Waals surface area (Å²) in [5, 5.41) is 4.95. The highest BCUT2D eigenvalue weighted by molar-refractivity contribution is 7.94. The Hall–Kier alpha value is -2.78. The van der Waals surface area contributed by atoms with Gasteiger partial charge in [-0.1, -0.05) is 24.3 Å². The number of fused-ring (bicyclic) bond motifs is 2. The number of sulfonamides is 1. The van der Waals surface area contributed by atoms with E-state index in [1.165, 1.54) is 11.1 Å². The number of nitrogens with one attached hydrogen (secondary N) is 2. The van der Waals surface area contributed by atoms with Gasteiger partial charge in [0.15, 0.2) is 0 Å². The number of benzene rings is 2. The highest BCUT2D eigenvalue weighted by Gasteiger charge is 2.25. The van der Waals surface area contributed by atoms with E-state index in [1.807, 2.05) is 10.8 Å². The van der Waals surface area contributed by atoms with E-state index in [1.54, 1.807) is 24.3 Å². The van der Waals surface area contributed by atoms with Gasteiger partial charge in [0, 0.05) is 11.3 Å². The Balaban J connectivity index is 1.53. The van der Waals surface area contributed by atoms with Gasteiger partial charge in [0.1, 0.15) is 0 Å². The Morgan fingerprint density at radius 3 is 2.19 bits per heavy atom. The van der Waals surface area contributed by atoms with Crippen LogP contribution in [0.15, 0.2) is 36.4 Å². The molecule has 27 heavy (non-hydrogen) atoms. The van der Waals surface area contributed by atoms with Gasteiger partial charge in [-0.05, 0) is 78.8 Å². The van der Waals surface area contributed by atoms with Crippen LogP contribution in [0.3, 0.4) is 0 Å². The molecule has 0 unspecified atom stereocenters. The molecule has 138 valence electrons. The standard InChI is InChI=1S/C21H20N2O3S/c24-21(23-27(25,26)13-12-15-6-2-1-3-7-15)22-20-18-10-4-8-16(18)14-17-9-5-11-19(17)20/h1-3,6-7,14H,4-5,8-11H2,(H2,22,23,24). The maximum Gasteiger partial charge on any atom is 0.333 e. The minimum absolute atomic E-state index is 0.571. The molecule has 4 rings (SSSR count). The highest BCUT2D eigenvalue weighted by Crippen LogP contribution is 2.38. The van der Waals surface area contributed by atoms with Crippen molar-refractivity contribution < 1.29 is 13.2 Å². The summed E-state index contributed by atoms with van der Waals surface area (Å²) in [6, 6.07) is 10.3. The Morgan fingerprint density at radius 2 is 1.56 bits per heavy atom. The molecule has 2 amide bonds. The second-order valence-corrected chi connectivity index (χ2v) is 8.30. The van der Waals surface area contributed by atoms with Crippen LogP contribution in [0.25, 0.3) is 0 Å². The molecule has 0 heterocycles. The number of hydrogen-bond donors (Lipinski definition) is 2. The Labute approximate surface area is 159 Å². The van der Waals surface area contributed by atoms with Crippen molar-refractivity contribution in [2.75, 3.05) is 5.32 Å². The first-order valence-corrected chi connectivity index (χ1v) is 10.6. The molecule has 2 aromatic carbocycles.